The molecule has 3 N–H and O–H groups in total. The van der Waals surface area contributed by atoms with E-state index in [2.05, 4.69) is 39.2 Å². The minimum Gasteiger partial charge on any atom is -0.353 e. The van der Waals surface area contributed by atoms with E-state index in [1.54, 1.807) is 7.05 Å². The van der Waals surface area contributed by atoms with Crippen molar-refractivity contribution in [1.29, 1.82) is 0 Å². The molecule has 0 saturated heterocycles. The summed E-state index contributed by atoms with van der Waals surface area (Å²) in [6, 6.07) is 8.49. The number of guanidine groups is 1. The number of nitrogens with zero attached hydrogens (tertiary/aromatic N) is 1. The Morgan fingerprint density at radius 2 is 1.89 bits per heavy atom. The molecule has 1 aromatic carbocycles. The highest BCUT2D eigenvalue weighted by atomic mass is 127. The largest absolute Gasteiger partial charge is 0.353 e. The summed E-state index contributed by atoms with van der Waals surface area (Å²) in [7, 11) is 1.79. The molecular weight excluding hydrogens is 451 g/mol. The average Bonchev–Trinajstić information content (AvgIpc) is 3.19. The molecule has 0 radical (unpaired) electrons. The molecule has 0 aromatic heterocycles. The zero-order valence-electron chi connectivity index (χ0n) is 16.0. The van der Waals surface area contributed by atoms with Gasteiger partial charge in [0.15, 0.2) is 5.96 Å². The average molecular weight is 482 g/mol. The van der Waals surface area contributed by atoms with Crippen molar-refractivity contribution in [3.8, 4) is 0 Å². The van der Waals surface area contributed by atoms with Crippen LogP contribution in [0.5, 0.6) is 0 Å². The van der Waals surface area contributed by atoms with Crippen LogP contribution in [-0.4, -0.2) is 25.0 Å². The molecule has 0 unspecified atom stereocenters. The van der Waals surface area contributed by atoms with Crippen LogP contribution in [0.1, 0.15) is 50.5 Å². The van der Waals surface area contributed by atoms with Crippen molar-refractivity contribution in [1.82, 2.24) is 10.6 Å². The maximum absolute atomic E-state index is 12.4. The quantitative estimate of drug-likeness (QED) is 0.255. The van der Waals surface area contributed by atoms with Crippen LogP contribution >= 0.6 is 24.0 Å². The third-order valence-electron chi connectivity index (χ3n) is 5.20. The first kappa shape index (κ1) is 21.7. The van der Waals surface area contributed by atoms with Crippen molar-refractivity contribution in [3.63, 3.8) is 0 Å². The molecule has 3 rings (SSSR count). The molecule has 27 heavy (non-hydrogen) atoms. The number of halogens is 1. The SMILES string of the molecule is CN=C(NCc1cccc(NC(=O)C2CCCCC2)c1)NC1CC=CC1.I. The molecule has 5 nitrogen and oxygen atoms in total. The predicted octanol–water partition coefficient (Wildman–Crippen LogP) is 4.21. The third-order valence-corrected chi connectivity index (χ3v) is 5.20. The lowest BCUT2D eigenvalue weighted by molar-refractivity contribution is -0.120. The van der Waals surface area contributed by atoms with Crippen LogP contribution in [0.4, 0.5) is 5.69 Å². The highest BCUT2D eigenvalue weighted by molar-refractivity contribution is 14.0. The molecule has 0 spiro atoms. The van der Waals surface area contributed by atoms with E-state index in [-0.39, 0.29) is 35.8 Å². The number of carbonyl (C=O) groups excluding carboxylic acids is 1. The first-order valence-corrected chi connectivity index (χ1v) is 9.76. The Morgan fingerprint density at radius 3 is 2.59 bits per heavy atom. The van der Waals surface area contributed by atoms with E-state index in [4.69, 9.17) is 0 Å². The highest BCUT2D eigenvalue weighted by Crippen LogP contribution is 2.25. The molecule has 2 aliphatic carbocycles. The minimum atomic E-state index is 0. The lowest BCUT2D eigenvalue weighted by Gasteiger charge is -2.21. The lowest BCUT2D eigenvalue weighted by Crippen LogP contribution is -2.42. The number of hydrogen-bond donors (Lipinski definition) is 3. The van der Waals surface area contributed by atoms with Crippen LogP contribution in [0.25, 0.3) is 0 Å². The highest BCUT2D eigenvalue weighted by Gasteiger charge is 2.21. The predicted molar refractivity (Wildman–Crippen MR) is 123 cm³/mol. The fourth-order valence-electron chi connectivity index (χ4n) is 3.68. The Morgan fingerprint density at radius 1 is 1.15 bits per heavy atom. The van der Waals surface area contributed by atoms with Crippen molar-refractivity contribution in [3.05, 3.63) is 42.0 Å². The number of amides is 1. The van der Waals surface area contributed by atoms with Crippen molar-refractivity contribution >= 4 is 41.5 Å². The lowest BCUT2D eigenvalue weighted by atomic mass is 9.88. The van der Waals surface area contributed by atoms with Crippen LogP contribution in [0.2, 0.25) is 0 Å². The van der Waals surface area contributed by atoms with Crippen LogP contribution in [0.15, 0.2) is 41.4 Å². The number of benzene rings is 1. The standard InChI is InChI=1S/C21H30N4O.HI/c1-22-21(25-18-11-5-6-12-18)23-15-16-8-7-13-19(14-16)24-20(26)17-9-3-2-4-10-17;/h5-8,13-14,17-18H,2-4,9-12,15H2,1H3,(H,24,26)(H2,22,23,25);1H. The summed E-state index contributed by atoms with van der Waals surface area (Å²) in [5.41, 5.74) is 2.00. The number of anilines is 1. The van der Waals surface area contributed by atoms with E-state index < -0.39 is 0 Å². The second kappa shape index (κ2) is 11.3. The fourth-order valence-corrected chi connectivity index (χ4v) is 3.68. The second-order valence-electron chi connectivity index (χ2n) is 7.23. The molecule has 6 heteroatoms. The monoisotopic (exact) mass is 482 g/mol. The zero-order chi connectivity index (χ0) is 18.2. The van der Waals surface area contributed by atoms with Gasteiger partial charge >= 0.3 is 0 Å². The van der Waals surface area contributed by atoms with Crippen molar-refractivity contribution in [2.24, 2.45) is 10.9 Å². The van der Waals surface area contributed by atoms with Gasteiger partial charge < -0.3 is 16.0 Å². The van der Waals surface area contributed by atoms with Gasteiger partial charge in [0.1, 0.15) is 0 Å². The number of nitrogens with one attached hydrogen (secondary N) is 3. The Kier molecular flexibility index (Phi) is 9.10. The molecule has 1 fully saturated rings. The molecule has 0 aliphatic heterocycles. The molecule has 148 valence electrons. The molecule has 0 atom stereocenters. The van der Waals surface area contributed by atoms with Gasteiger partial charge in [0, 0.05) is 31.2 Å². The third kappa shape index (κ3) is 6.83. The summed E-state index contributed by atoms with van der Waals surface area (Å²) < 4.78 is 0. The number of carbonyl (C=O) groups is 1. The normalized spacial score (nSPS) is 18.0. The first-order valence-electron chi connectivity index (χ1n) is 9.76. The Balaban J connectivity index is 0.00000261. The van der Waals surface area contributed by atoms with Crippen molar-refractivity contribution < 1.29 is 4.79 Å². The van der Waals surface area contributed by atoms with Crippen molar-refractivity contribution in [2.45, 2.75) is 57.5 Å². The maximum atomic E-state index is 12.4. The van der Waals surface area contributed by atoms with Gasteiger partial charge in [0.25, 0.3) is 0 Å². The van der Waals surface area contributed by atoms with Gasteiger partial charge in [-0.3, -0.25) is 9.79 Å². The van der Waals surface area contributed by atoms with E-state index in [0.29, 0.717) is 12.6 Å². The number of aliphatic imine (C=N–C) groups is 1. The first-order chi connectivity index (χ1) is 12.7. The van der Waals surface area contributed by atoms with Crippen molar-refractivity contribution in [2.75, 3.05) is 12.4 Å². The van der Waals surface area contributed by atoms with Gasteiger partial charge in [0.05, 0.1) is 0 Å². The summed E-state index contributed by atoms with van der Waals surface area (Å²) in [6.07, 6.45) is 12.1. The molecule has 1 saturated carbocycles. The summed E-state index contributed by atoms with van der Waals surface area (Å²) in [5.74, 6) is 1.16. The molecule has 2 aliphatic rings. The Hall–Kier alpha value is -1.57. The van der Waals surface area contributed by atoms with E-state index in [1.807, 2.05) is 18.2 Å². The van der Waals surface area contributed by atoms with Gasteiger partial charge in [-0.15, -0.1) is 24.0 Å². The van der Waals surface area contributed by atoms with Crippen LogP contribution in [-0.2, 0) is 11.3 Å². The maximum Gasteiger partial charge on any atom is 0.227 e. The molecule has 1 amide bonds. The summed E-state index contributed by atoms with van der Waals surface area (Å²) >= 11 is 0. The second-order valence-corrected chi connectivity index (χ2v) is 7.23. The van der Waals surface area contributed by atoms with Crippen LogP contribution in [0, 0.1) is 5.92 Å². The topological polar surface area (TPSA) is 65.5 Å². The van der Waals surface area contributed by atoms with Gasteiger partial charge in [-0.25, -0.2) is 0 Å². The summed E-state index contributed by atoms with van der Waals surface area (Å²) in [4.78, 5) is 16.7. The van der Waals surface area contributed by atoms with Gasteiger partial charge in [-0.2, -0.15) is 0 Å². The summed E-state index contributed by atoms with van der Waals surface area (Å²) in [6.45, 7) is 0.674. The van der Waals surface area contributed by atoms with Crippen LogP contribution < -0.4 is 16.0 Å². The number of hydrogen-bond acceptors (Lipinski definition) is 2. The Bertz CT molecular complexity index is 660. The van der Waals surface area contributed by atoms with Gasteiger partial charge in [0.2, 0.25) is 5.91 Å². The smallest absolute Gasteiger partial charge is 0.227 e. The molecular formula is C21H31IN4O. The van der Waals surface area contributed by atoms with Crippen LogP contribution in [0.3, 0.4) is 0 Å². The van der Waals surface area contributed by atoms with E-state index >= 15 is 0 Å². The van der Waals surface area contributed by atoms with E-state index in [9.17, 15) is 4.79 Å². The Labute approximate surface area is 179 Å². The van der Waals surface area contributed by atoms with Gasteiger partial charge in [-0.05, 0) is 43.4 Å². The number of rotatable bonds is 5. The molecule has 1 aromatic rings. The molecule has 0 heterocycles. The fraction of sp³-hybridized carbons (Fsp3) is 0.524. The zero-order valence-corrected chi connectivity index (χ0v) is 18.4. The molecule has 0 bridgehead atoms. The minimum absolute atomic E-state index is 0. The van der Waals surface area contributed by atoms with E-state index in [0.717, 1.165) is 42.9 Å². The van der Waals surface area contributed by atoms with E-state index in [1.165, 1.54) is 19.3 Å². The van der Waals surface area contributed by atoms with Gasteiger partial charge in [-0.1, -0.05) is 43.5 Å². The summed E-state index contributed by atoms with van der Waals surface area (Å²) in [5, 5.41) is 9.88.